The van der Waals surface area contributed by atoms with E-state index in [9.17, 15) is 5.11 Å². The Balaban J connectivity index is 2.00. The molecule has 0 aliphatic carbocycles. The number of aliphatic hydroxyl groups is 1. The third kappa shape index (κ3) is 4.52. The van der Waals surface area contributed by atoms with Crippen molar-refractivity contribution < 1.29 is 9.84 Å². The van der Waals surface area contributed by atoms with E-state index >= 15 is 0 Å². The number of ether oxygens (including phenoxy) is 1. The number of likely N-dealkylation sites (N-methyl/N-ethyl adjacent to an activating group) is 1. The monoisotopic (exact) mass is 310 g/mol. The quantitative estimate of drug-likeness (QED) is 0.805. The van der Waals surface area contributed by atoms with E-state index in [-0.39, 0.29) is 0 Å². The number of aromatic nitrogens is 2. The van der Waals surface area contributed by atoms with Crippen LogP contribution in [0.3, 0.4) is 0 Å². The lowest BCUT2D eigenvalue weighted by molar-refractivity contribution is 0.0304. The van der Waals surface area contributed by atoms with E-state index in [0.717, 1.165) is 13.1 Å². The molecular formula is C16H30N4O2. The van der Waals surface area contributed by atoms with Gasteiger partial charge >= 0.3 is 0 Å². The molecule has 2 heterocycles. The average Bonchev–Trinajstić information content (AvgIpc) is 2.85. The van der Waals surface area contributed by atoms with Gasteiger partial charge in [0, 0.05) is 45.0 Å². The Hall–Kier alpha value is -0.950. The molecule has 1 aromatic rings. The molecule has 6 nitrogen and oxygen atoms in total. The van der Waals surface area contributed by atoms with Crippen molar-refractivity contribution in [2.24, 2.45) is 13.0 Å². The fourth-order valence-corrected chi connectivity index (χ4v) is 3.65. The first kappa shape index (κ1) is 17.4. The summed E-state index contributed by atoms with van der Waals surface area (Å²) in [6, 6.07) is 0.407. The molecule has 0 bridgehead atoms. The molecule has 0 radical (unpaired) electrons. The second-order valence-corrected chi connectivity index (χ2v) is 6.61. The van der Waals surface area contributed by atoms with Crippen LogP contribution in [0.2, 0.25) is 0 Å². The highest BCUT2D eigenvalue weighted by molar-refractivity contribution is 5.13. The molecule has 1 aliphatic rings. The fraction of sp³-hybridized carbons (Fsp3) is 0.812. The van der Waals surface area contributed by atoms with Crippen molar-refractivity contribution in [3.63, 3.8) is 0 Å². The zero-order valence-corrected chi connectivity index (χ0v) is 14.3. The average molecular weight is 310 g/mol. The maximum Gasteiger partial charge on any atom is 0.0899 e. The number of aryl methyl sites for hydroxylation is 1. The molecule has 1 N–H and O–H groups in total. The number of methoxy groups -OCH3 is 1. The van der Waals surface area contributed by atoms with Crippen LogP contribution in [0.5, 0.6) is 0 Å². The first-order valence-electron chi connectivity index (χ1n) is 8.05. The maximum absolute atomic E-state index is 9.90. The number of hydrogen-bond acceptors (Lipinski definition) is 5. The molecule has 2 rings (SSSR count). The van der Waals surface area contributed by atoms with Crippen molar-refractivity contribution in [2.75, 3.05) is 47.4 Å². The van der Waals surface area contributed by atoms with Gasteiger partial charge in [0.1, 0.15) is 0 Å². The lowest BCUT2D eigenvalue weighted by atomic mass is 9.85. The molecule has 22 heavy (non-hydrogen) atoms. The van der Waals surface area contributed by atoms with Crippen LogP contribution in [0.4, 0.5) is 0 Å². The number of hydrogen-bond donors (Lipinski definition) is 1. The Morgan fingerprint density at radius 2 is 2.27 bits per heavy atom. The van der Waals surface area contributed by atoms with Gasteiger partial charge < -0.3 is 14.7 Å². The predicted molar refractivity (Wildman–Crippen MR) is 86.7 cm³/mol. The summed E-state index contributed by atoms with van der Waals surface area (Å²) in [7, 11) is 7.86. The predicted octanol–water partition coefficient (Wildman–Crippen LogP) is 0.742. The van der Waals surface area contributed by atoms with Crippen LogP contribution in [-0.2, 0) is 11.8 Å². The summed E-state index contributed by atoms with van der Waals surface area (Å²) in [6.07, 6.45) is 6.13. The fourth-order valence-electron chi connectivity index (χ4n) is 3.65. The minimum atomic E-state index is -0.423. The second-order valence-electron chi connectivity index (χ2n) is 6.61. The largest absolute Gasteiger partial charge is 0.389 e. The Morgan fingerprint density at radius 1 is 1.50 bits per heavy atom. The first-order chi connectivity index (χ1) is 10.5. The Bertz CT molecular complexity index is 451. The molecule has 1 fully saturated rings. The van der Waals surface area contributed by atoms with Gasteiger partial charge in [0.2, 0.25) is 0 Å². The van der Waals surface area contributed by atoms with Crippen LogP contribution in [0.15, 0.2) is 12.4 Å². The number of aliphatic hydroxyl groups excluding tert-OH is 1. The SMILES string of the molecule is COC[C@@H](O)CN(C)C[C@@H]1CCCN(C)[C@H]1c1cnn(C)c1. The van der Waals surface area contributed by atoms with Gasteiger partial charge in [0.05, 0.1) is 18.9 Å². The van der Waals surface area contributed by atoms with Crippen LogP contribution in [0.25, 0.3) is 0 Å². The smallest absolute Gasteiger partial charge is 0.0899 e. The molecule has 1 aliphatic heterocycles. The molecule has 0 amide bonds. The number of nitrogens with zero attached hydrogens (tertiary/aromatic N) is 4. The molecule has 1 saturated heterocycles. The molecule has 1 aromatic heterocycles. The lowest BCUT2D eigenvalue weighted by Gasteiger charge is -2.40. The molecule has 126 valence electrons. The zero-order chi connectivity index (χ0) is 16.1. The van der Waals surface area contributed by atoms with Gasteiger partial charge in [-0.2, -0.15) is 5.10 Å². The van der Waals surface area contributed by atoms with E-state index in [1.807, 2.05) is 17.9 Å². The zero-order valence-electron chi connectivity index (χ0n) is 14.3. The summed E-state index contributed by atoms with van der Waals surface area (Å²) in [6.45, 7) is 3.14. The normalized spacial score (nSPS) is 24.8. The molecule has 0 unspecified atom stereocenters. The van der Waals surface area contributed by atoms with Crippen LogP contribution >= 0.6 is 0 Å². The van der Waals surface area contributed by atoms with E-state index in [1.54, 1.807) is 7.11 Å². The van der Waals surface area contributed by atoms with Crippen LogP contribution in [0.1, 0.15) is 24.4 Å². The topological polar surface area (TPSA) is 53.8 Å². The minimum Gasteiger partial charge on any atom is -0.389 e. The minimum absolute atomic E-state index is 0.390. The van der Waals surface area contributed by atoms with E-state index in [1.165, 1.54) is 18.4 Å². The second kappa shape index (κ2) is 8.06. The van der Waals surface area contributed by atoms with Gasteiger partial charge in [0.25, 0.3) is 0 Å². The third-order valence-corrected chi connectivity index (χ3v) is 4.50. The molecular weight excluding hydrogens is 280 g/mol. The summed E-state index contributed by atoms with van der Waals surface area (Å²) in [5, 5.41) is 14.2. The standard InChI is InChI=1S/C16H30N4O2/c1-18(11-15(21)12-22-4)9-13-6-5-7-19(2)16(13)14-8-17-20(3)10-14/h8,10,13,15-16,21H,5-7,9,11-12H2,1-4H3/t13-,15-,16+/m0/s1. The number of piperidine rings is 1. The highest BCUT2D eigenvalue weighted by Crippen LogP contribution is 2.35. The third-order valence-electron chi connectivity index (χ3n) is 4.50. The van der Waals surface area contributed by atoms with E-state index < -0.39 is 6.10 Å². The summed E-state index contributed by atoms with van der Waals surface area (Å²) >= 11 is 0. The molecule has 6 heteroatoms. The summed E-state index contributed by atoms with van der Waals surface area (Å²) < 4.78 is 6.88. The van der Waals surface area contributed by atoms with Gasteiger partial charge in [-0.3, -0.25) is 9.58 Å². The molecule has 3 atom stereocenters. The molecule has 0 aromatic carbocycles. The van der Waals surface area contributed by atoms with Crippen molar-refractivity contribution in [3.8, 4) is 0 Å². The van der Waals surface area contributed by atoms with E-state index in [0.29, 0.717) is 25.1 Å². The van der Waals surface area contributed by atoms with Crippen molar-refractivity contribution >= 4 is 0 Å². The van der Waals surface area contributed by atoms with Crippen molar-refractivity contribution in [1.82, 2.24) is 19.6 Å². The maximum atomic E-state index is 9.90. The summed E-state index contributed by atoms with van der Waals surface area (Å²) in [5.74, 6) is 0.558. The lowest BCUT2D eigenvalue weighted by Crippen LogP contribution is -2.42. The summed E-state index contributed by atoms with van der Waals surface area (Å²) in [4.78, 5) is 4.65. The van der Waals surface area contributed by atoms with Crippen molar-refractivity contribution in [3.05, 3.63) is 18.0 Å². The summed E-state index contributed by atoms with van der Waals surface area (Å²) in [5.41, 5.74) is 1.29. The van der Waals surface area contributed by atoms with Gasteiger partial charge in [-0.15, -0.1) is 0 Å². The van der Waals surface area contributed by atoms with Gasteiger partial charge in [-0.05, 0) is 39.4 Å². The Kier molecular flexibility index (Phi) is 6.37. The van der Waals surface area contributed by atoms with Gasteiger partial charge in [-0.1, -0.05) is 0 Å². The molecule has 0 spiro atoms. The van der Waals surface area contributed by atoms with Gasteiger partial charge in [-0.25, -0.2) is 0 Å². The highest BCUT2D eigenvalue weighted by atomic mass is 16.5. The molecule has 0 saturated carbocycles. The van der Waals surface area contributed by atoms with Crippen molar-refractivity contribution in [1.29, 1.82) is 0 Å². The highest BCUT2D eigenvalue weighted by Gasteiger charge is 2.32. The van der Waals surface area contributed by atoms with E-state index in [2.05, 4.69) is 35.2 Å². The van der Waals surface area contributed by atoms with Crippen LogP contribution in [0, 0.1) is 5.92 Å². The number of rotatable bonds is 7. The Morgan fingerprint density at radius 3 is 2.91 bits per heavy atom. The first-order valence-corrected chi connectivity index (χ1v) is 8.05. The van der Waals surface area contributed by atoms with E-state index in [4.69, 9.17) is 4.74 Å². The van der Waals surface area contributed by atoms with Gasteiger partial charge in [0.15, 0.2) is 0 Å². The van der Waals surface area contributed by atoms with Crippen LogP contribution < -0.4 is 0 Å². The Labute approximate surface area is 133 Å². The van der Waals surface area contributed by atoms with Crippen LogP contribution in [-0.4, -0.2) is 78.2 Å². The number of likely N-dealkylation sites (tertiary alicyclic amines) is 1. The van der Waals surface area contributed by atoms with Crippen molar-refractivity contribution in [2.45, 2.75) is 25.0 Å².